The molecule has 0 aliphatic carbocycles. The molecule has 0 aliphatic heterocycles. The van der Waals surface area contributed by atoms with Crippen LogP contribution in [0.4, 0.5) is 0 Å². The van der Waals surface area contributed by atoms with Crippen molar-refractivity contribution in [2.75, 3.05) is 13.7 Å². The lowest BCUT2D eigenvalue weighted by Gasteiger charge is -2.17. The van der Waals surface area contributed by atoms with E-state index in [2.05, 4.69) is 29.9 Å². The fourth-order valence-corrected chi connectivity index (χ4v) is 1.82. The molecule has 0 saturated carbocycles. The molecular formula is C14H22N2O. The van der Waals surface area contributed by atoms with Crippen LogP contribution in [0.5, 0.6) is 5.88 Å². The van der Waals surface area contributed by atoms with Crippen LogP contribution in [0.15, 0.2) is 31.0 Å². The third-order valence-corrected chi connectivity index (χ3v) is 2.70. The molecule has 94 valence electrons. The van der Waals surface area contributed by atoms with Gasteiger partial charge in [0.25, 0.3) is 0 Å². The maximum Gasteiger partial charge on any atom is 0.212 e. The van der Waals surface area contributed by atoms with E-state index in [9.17, 15) is 0 Å². The Morgan fingerprint density at radius 1 is 1.53 bits per heavy atom. The smallest absolute Gasteiger partial charge is 0.212 e. The number of nitrogens with zero attached hydrogens (tertiary/aromatic N) is 1. The van der Waals surface area contributed by atoms with Crippen LogP contribution in [0.25, 0.3) is 0 Å². The quantitative estimate of drug-likeness (QED) is 0.702. The minimum atomic E-state index is 0.494. The molecule has 1 heterocycles. The molecule has 1 unspecified atom stereocenters. The van der Waals surface area contributed by atoms with Gasteiger partial charge >= 0.3 is 0 Å². The summed E-state index contributed by atoms with van der Waals surface area (Å²) in [6.45, 7) is 6.89. The van der Waals surface area contributed by atoms with Crippen LogP contribution in [0.3, 0.4) is 0 Å². The van der Waals surface area contributed by atoms with E-state index in [1.807, 2.05) is 18.3 Å². The van der Waals surface area contributed by atoms with E-state index in [1.54, 1.807) is 7.11 Å². The maximum absolute atomic E-state index is 5.05. The van der Waals surface area contributed by atoms with Gasteiger partial charge in [0.1, 0.15) is 0 Å². The van der Waals surface area contributed by atoms with E-state index >= 15 is 0 Å². The third kappa shape index (κ3) is 5.00. The van der Waals surface area contributed by atoms with Gasteiger partial charge in [-0.2, -0.15) is 0 Å². The Kier molecular flexibility index (Phi) is 6.33. The fraction of sp³-hybridized carbons (Fsp3) is 0.500. The van der Waals surface area contributed by atoms with Crippen molar-refractivity contribution in [3.8, 4) is 5.88 Å². The lowest BCUT2D eigenvalue weighted by Crippen LogP contribution is -2.30. The van der Waals surface area contributed by atoms with Gasteiger partial charge < -0.3 is 10.1 Å². The van der Waals surface area contributed by atoms with Crippen LogP contribution < -0.4 is 10.1 Å². The molecular weight excluding hydrogens is 212 g/mol. The van der Waals surface area contributed by atoms with Crippen molar-refractivity contribution in [1.29, 1.82) is 0 Å². The second-order valence-electron chi connectivity index (χ2n) is 4.03. The summed E-state index contributed by atoms with van der Waals surface area (Å²) < 4.78 is 5.05. The van der Waals surface area contributed by atoms with Crippen molar-refractivity contribution in [2.45, 2.75) is 32.2 Å². The van der Waals surface area contributed by atoms with Crippen molar-refractivity contribution in [3.05, 3.63) is 36.5 Å². The highest BCUT2D eigenvalue weighted by Gasteiger charge is 2.07. The van der Waals surface area contributed by atoms with Crippen LogP contribution in [-0.2, 0) is 6.42 Å². The molecule has 0 bridgehead atoms. The fourth-order valence-electron chi connectivity index (χ4n) is 1.82. The normalized spacial score (nSPS) is 12.1. The zero-order valence-electron chi connectivity index (χ0n) is 10.8. The van der Waals surface area contributed by atoms with E-state index in [-0.39, 0.29) is 0 Å². The van der Waals surface area contributed by atoms with Crippen LogP contribution in [0.2, 0.25) is 0 Å². The zero-order chi connectivity index (χ0) is 12.5. The highest BCUT2D eigenvalue weighted by molar-refractivity contribution is 5.18. The van der Waals surface area contributed by atoms with Gasteiger partial charge in [-0.25, -0.2) is 4.98 Å². The third-order valence-electron chi connectivity index (χ3n) is 2.70. The van der Waals surface area contributed by atoms with Crippen molar-refractivity contribution >= 4 is 0 Å². The molecule has 1 N–H and O–H groups in total. The molecule has 0 aromatic carbocycles. The number of hydrogen-bond donors (Lipinski definition) is 1. The first-order valence-corrected chi connectivity index (χ1v) is 6.13. The lowest BCUT2D eigenvalue weighted by atomic mass is 10.0. The zero-order valence-corrected chi connectivity index (χ0v) is 10.8. The summed E-state index contributed by atoms with van der Waals surface area (Å²) in [4.78, 5) is 4.22. The Labute approximate surface area is 104 Å². The molecule has 0 spiro atoms. The summed E-state index contributed by atoms with van der Waals surface area (Å²) in [5.41, 5.74) is 1.24. The molecule has 1 aromatic heterocycles. The van der Waals surface area contributed by atoms with E-state index in [0.717, 1.165) is 25.8 Å². The van der Waals surface area contributed by atoms with Gasteiger partial charge in [0.2, 0.25) is 5.88 Å². The molecule has 0 fully saturated rings. The van der Waals surface area contributed by atoms with Crippen LogP contribution in [0, 0.1) is 0 Å². The second-order valence-corrected chi connectivity index (χ2v) is 4.03. The highest BCUT2D eigenvalue weighted by atomic mass is 16.5. The Balaban J connectivity index is 2.54. The molecule has 1 rings (SSSR count). The molecule has 0 amide bonds. The molecule has 1 atom stereocenters. The number of nitrogens with one attached hydrogen (secondary N) is 1. The van der Waals surface area contributed by atoms with E-state index in [0.29, 0.717) is 11.9 Å². The molecule has 0 radical (unpaired) electrons. The van der Waals surface area contributed by atoms with Gasteiger partial charge in [0.05, 0.1) is 7.11 Å². The van der Waals surface area contributed by atoms with Gasteiger partial charge in [0, 0.05) is 18.3 Å². The summed E-state index contributed by atoms with van der Waals surface area (Å²) >= 11 is 0. The van der Waals surface area contributed by atoms with Crippen LogP contribution in [0.1, 0.15) is 25.3 Å². The Morgan fingerprint density at radius 2 is 2.35 bits per heavy atom. The number of hydrogen-bond acceptors (Lipinski definition) is 3. The molecule has 1 aromatic rings. The van der Waals surface area contributed by atoms with E-state index < -0.39 is 0 Å². The van der Waals surface area contributed by atoms with Gasteiger partial charge in [-0.05, 0) is 31.4 Å². The minimum Gasteiger partial charge on any atom is -0.481 e. The lowest BCUT2D eigenvalue weighted by molar-refractivity contribution is 0.397. The average Bonchev–Trinajstić information content (AvgIpc) is 2.37. The standard InChI is InChI=1S/C14H22N2O/c1-4-6-7-13(15-5-2)10-12-8-9-14(17-3)16-11-12/h4,8-9,11,13,15H,1,5-7,10H2,2-3H3. The first-order valence-electron chi connectivity index (χ1n) is 6.13. The number of aromatic nitrogens is 1. The van der Waals surface area contributed by atoms with E-state index in [4.69, 9.17) is 4.74 Å². The molecule has 3 heteroatoms. The van der Waals surface area contributed by atoms with Crippen molar-refractivity contribution in [3.63, 3.8) is 0 Å². The molecule has 0 saturated heterocycles. The Hall–Kier alpha value is -1.35. The van der Waals surface area contributed by atoms with Gasteiger partial charge in [-0.1, -0.05) is 19.1 Å². The average molecular weight is 234 g/mol. The molecule has 0 aliphatic rings. The number of likely N-dealkylation sites (N-methyl/N-ethyl adjacent to an activating group) is 1. The monoisotopic (exact) mass is 234 g/mol. The van der Waals surface area contributed by atoms with Crippen molar-refractivity contribution < 1.29 is 4.74 Å². The van der Waals surface area contributed by atoms with E-state index in [1.165, 1.54) is 5.56 Å². The second kappa shape index (κ2) is 7.85. The Morgan fingerprint density at radius 3 is 2.88 bits per heavy atom. The maximum atomic E-state index is 5.05. The van der Waals surface area contributed by atoms with Crippen LogP contribution in [-0.4, -0.2) is 24.7 Å². The van der Waals surface area contributed by atoms with Crippen molar-refractivity contribution in [2.24, 2.45) is 0 Å². The van der Waals surface area contributed by atoms with Crippen LogP contribution >= 0.6 is 0 Å². The predicted octanol–water partition coefficient (Wildman–Crippen LogP) is 2.58. The number of methoxy groups -OCH3 is 1. The number of allylic oxidation sites excluding steroid dienone is 1. The number of rotatable bonds is 8. The van der Waals surface area contributed by atoms with Gasteiger partial charge in [-0.3, -0.25) is 0 Å². The van der Waals surface area contributed by atoms with Gasteiger partial charge in [0.15, 0.2) is 0 Å². The molecule has 17 heavy (non-hydrogen) atoms. The first kappa shape index (κ1) is 13.7. The highest BCUT2D eigenvalue weighted by Crippen LogP contribution is 2.11. The minimum absolute atomic E-state index is 0.494. The Bertz CT molecular complexity index is 321. The summed E-state index contributed by atoms with van der Waals surface area (Å²) in [6.07, 6.45) is 7.01. The SMILES string of the molecule is C=CCCC(Cc1ccc(OC)nc1)NCC. The predicted molar refractivity (Wildman–Crippen MR) is 71.4 cm³/mol. The summed E-state index contributed by atoms with van der Waals surface area (Å²) in [7, 11) is 1.63. The number of ether oxygens (including phenoxy) is 1. The molecule has 3 nitrogen and oxygen atoms in total. The first-order chi connectivity index (χ1) is 8.30. The van der Waals surface area contributed by atoms with Crippen molar-refractivity contribution in [1.82, 2.24) is 10.3 Å². The topological polar surface area (TPSA) is 34.1 Å². The summed E-state index contributed by atoms with van der Waals surface area (Å²) in [5.74, 6) is 0.667. The summed E-state index contributed by atoms with van der Waals surface area (Å²) in [6, 6.07) is 4.48. The summed E-state index contributed by atoms with van der Waals surface area (Å²) in [5, 5.41) is 3.49. The largest absolute Gasteiger partial charge is 0.481 e. The van der Waals surface area contributed by atoms with Gasteiger partial charge in [-0.15, -0.1) is 6.58 Å². The number of pyridine rings is 1.